The van der Waals surface area contributed by atoms with Crippen LogP contribution in [0, 0.1) is 17.1 Å². The average molecular weight is 519 g/mol. The predicted molar refractivity (Wildman–Crippen MR) is 133 cm³/mol. The molecule has 0 aromatic carbocycles. The Labute approximate surface area is 215 Å². The van der Waals surface area contributed by atoms with E-state index in [1.165, 1.54) is 27.8 Å². The first-order valence-corrected chi connectivity index (χ1v) is 11.5. The van der Waals surface area contributed by atoms with Crippen LogP contribution >= 0.6 is 0 Å². The van der Waals surface area contributed by atoms with Gasteiger partial charge in [0.25, 0.3) is 6.43 Å². The molecule has 0 aliphatic heterocycles. The maximum Gasteiger partial charge on any atom is 0.272 e. The number of rotatable bonds is 8. The van der Waals surface area contributed by atoms with E-state index in [0.29, 0.717) is 33.8 Å². The predicted octanol–water partition coefficient (Wildman–Crippen LogP) is 4.83. The molecule has 9 nitrogen and oxygen atoms in total. The second-order valence-electron chi connectivity index (χ2n) is 8.50. The van der Waals surface area contributed by atoms with Crippen LogP contribution < -0.4 is 9.64 Å². The molecule has 0 aliphatic carbocycles. The summed E-state index contributed by atoms with van der Waals surface area (Å²) in [5.41, 5.74) is 3.02. The number of anilines is 1. The standard InChI is InChI=1S/C26H21F3N8O/c1-16(17-3-6-25(32-9-17)36-13-20(27)12-34-36)35(2)24-5-4-18(10-31-24)22-7-21(38-15-23(28)29)14-37-26(22)19(8-30)11-33-37/h3-7,9-14,16,23H,15H2,1-2H3/t16-/m0/s1. The monoisotopic (exact) mass is 518 g/mol. The van der Waals surface area contributed by atoms with Gasteiger partial charge in [0.05, 0.1) is 41.9 Å². The van der Waals surface area contributed by atoms with E-state index in [2.05, 4.69) is 26.2 Å². The minimum absolute atomic E-state index is 0.0953. The quantitative estimate of drug-likeness (QED) is 0.290. The van der Waals surface area contributed by atoms with Crippen LogP contribution in [0.1, 0.15) is 24.1 Å². The third kappa shape index (κ3) is 4.86. The Bertz CT molecular complexity index is 1610. The van der Waals surface area contributed by atoms with E-state index in [0.717, 1.165) is 11.8 Å². The van der Waals surface area contributed by atoms with Gasteiger partial charge in [-0.25, -0.2) is 32.3 Å². The molecular weight excluding hydrogens is 497 g/mol. The Balaban J connectivity index is 1.40. The van der Waals surface area contributed by atoms with Gasteiger partial charge in [0.15, 0.2) is 11.6 Å². The van der Waals surface area contributed by atoms with Crippen molar-refractivity contribution >= 4 is 11.3 Å². The zero-order valence-corrected chi connectivity index (χ0v) is 20.3. The van der Waals surface area contributed by atoms with E-state index >= 15 is 0 Å². The van der Waals surface area contributed by atoms with Crippen LogP contribution in [-0.2, 0) is 0 Å². The van der Waals surface area contributed by atoms with Gasteiger partial charge in [-0.15, -0.1) is 0 Å². The molecule has 0 amide bonds. The molecule has 1 atom stereocenters. The second kappa shape index (κ2) is 10.2. The zero-order chi connectivity index (χ0) is 26.8. The van der Waals surface area contributed by atoms with Crippen molar-refractivity contribution in [2.75, 3.05) is 18.6 Å². The Morgan fingerprint density at radius 2 is 1.89 bits per heavy atom. The Kier molecular flexibility index (Phi) is 6.66. The van der Waals surface area contributed by atoms with Crippen molar-refractivity contribution in [3.05, 3.63) is 84.5 Å². The number of pyridine rings is 3. The third-order valence-corrected chi connectivity index (χ3v) is 6.12. The maximum absolute atomic E-state index is 13.3. The highest BCUT2D eigenvalue weighted by molar-refractivity contribution is 5.85. The van der Waals surface area contributed by atoms with E-state index in [1.807, 2.05) is 37.1 Å². The normalized spacial score (nSPS) is 12.0. The molecule has 0 radical (unpaired) electrons. The Morgan fingerprint density at radius 3 is 2.53 bits per heavy atom. The van der Waals surface area contributed by atoms with Gasteiger partial charge in [-0.1, -0.05) is 6.07 Å². The summed E-state index contributed by atoms with van der Waals surface area (Å²) in [6.45, 7) is 1.24. The highest BCUT2D eigenvalue weighted by atomic mass is 19.3. The lowest BCUT2D eigenvalue weighted by molar-refractivity contribution is 0.0816. The van der Waals surface area contributed by atoms with E-state index in [4.69, 9.17) is 4.74 Å². The van der Waals surface area contributed by atoms with Gasteiger partial charge in [-0.2, -0.15) is 15.5 Å². The van der Waals surface area contributed by atoms with Gasteiger partial charge in [-0.05, 0) is 36.8 Å². The van der Waals surface area contributed by atoms with Crippen LogP contribution in [0.5, 0.6) is 5.75 Å². The third-order valence-electron chi connectivity index (χ3n) is 6.12. The number of ether oxygens (including phenoxy) is 1. The first kappa shape index (κ1) is 24.8. The summed E-state index contributed by atoms with van der Waals surface area (Å²) in [6, 6.07) is 10.9. The van der Waals surface area contributed by atoms with Crippen molar-refractivity contribution in [3.63, 3.8) is 0 Å². The molecule has 0 bridgehead atoms. The Morgan fingerprint density at radius 1 is 1.05 bits per heavy atom. The fraction of sp³-hybridized carbons (Fsp3) is 0.192. The first-order valence-electron chi connectivity index (χ1n) is 11.5. The minimum atomic E-state index is -2.63. The molecule has 12 heteroatoms. The summed E-state index contributed by atoms with van der Waals surface area (Å²) in [4.78, 5) is 10.9. The lowest BCUT2D eigenvalue weighted by atomic mass is 10.0. The highest BCUT2D eigenvalue weighted by Gasteiger charge is 2.17. The fourth-order valence-electron chi connectivity index (χ4n) is 4.02. The van der Waals surface area contributed by atoms with Crippen LogP contribution in [0.2, 0.25) is 0 Å². The van der Waals surface area contributed by atoms with E-state index in [-0.39, 0.29) is 11.8 Å². The maximum atomic E-state index is 13.3. The average Bonchev–Trinajstić information content (AvgIpc) is 3.57. The lowest BCUT2D eigenvalue weighted by Crippen LogP contribution is -2.22. The number of aromatic nitrogens is 6. The summed E-state index contributed by atoms with van der Waals surface area (Å²) in [5, 5.41) is 17.6. The molecule has 5 aromatic rings. The van der Waals surface area contributed by atoms with Gasteiger partial charge >= 0.3 is 0 Å². The number of hydrogen-bond acceptors (Lipinski definition) is 7. The SMILES string of the molecule is C[C@@H](c1ccc(-n2cc(F)cn2)nc1)N(C)c1ccc(-c2cc(OCC(F)F)cn3ncc(C#N)c23)cn1. The number of hydrogen-bond donors (Lipinski definition) is 0. The van der Waals surface area contributed by atoms with Crippen molar-refractivity contribution in [2.24, 2.45) is 0 Å². The number of nitriles is 1. The van der Waals surface area contributed by atoms with Crippen molar-refractivity contribution < 1.29 is 17.9 Å². The molecule has 38 heavy (non-hydrogen) atoms. The summed E-state index contributed by atoms with van der Waals surface area (Å²) < 4.78 is 46.6. The lowest BCUT2D eigenvalue weighted by Gasteiger charge is -2.26. The molecule has 5 heterocycles. The van der Waals surface area contributed by atoms with Crippen molar-refractivity contribution in [1.82, 2.24) is 29.4 Å². The number of alkyl halides is 2. The largest absolute Gasteiger partial charge is 0.486 e. The van der Waals surface area contributed by atoms with Gasteiger partial charge in [-0.3, -0.25) is 0 Å². The molecule has 192 valence electrons. The molecule has 0 N–H and O–H groups in total. The van der Waals surface area contributed by atoms with E-state index in [1.54, 1.807) is 24.5 Å². The molecule has 0 fully saturated rings. The molecular formula is C26H21F3N8O. The van der Waals surface area contributed by atoms with Gasteiger partial charge in [0.1, 0.15) is 24.2 Å². The van der Waals surface area contributed by atoms with Crippen molar-refractivity contribution in [3.8, 4) is 28.8 Å². The van der Waals surface area contributed by atoms with Gasteiger partial charge in [0.2, 0.25) is 0 Å². The topological polar surface area (TPSA) is 97.2 Å². The summed E-state index contributed by atoms with van der Waals surface area (Å²) >= 11 is 0. The summed E-state index contributed by atoms with van der Waals surface area (Å²) in [7, 11) is 1.89. The molecule has 0 saturated carbocycles. The molecule has 5 aromatic heterocycles. The molecule has 0 unspecified atom stereocenters. The van der Waals surface area contributed by atoms with Gasteiger partial charge < -0.3 is 9.64 Å². The smallest absolute Gasteiger partial charge is 0.272 e. The Hall–Kier alpha value is -4.92. The minimum Gasteiger partial charge on any atom is -0.486 e. The van der Waals surface area contributed by atoms with Gasteiger partial charge in [0, 0.05) is 30.6 Å². The highest BCUT2D eigenvalue weighted by Crippen LogP contribution is 2.32. The van der Waals surface area contributed by atoms with E-state index in [9.17, 15) is 18.4 Å². The van der Waals surface area contributed by atoms with Crippen LogP contribution in [0.15, 0.2) is 67.5 Å². The van der Waals surface area contributed by atoms with E-state index < -0.39 is 18.8 Å². The van der Waals surface area contributed by atoms with Crippen LogP contribution in [-0.4, -0.2) is 49.4 Å². The van der Waals surface area contributed by atoms with Crippen molar-refractivity contribution in [1.29, 1.82) is 5.26 Å². The zero-order valence-electron chi connectivity index (χ0n) is 20.3. The number of halogens is 3. The summed E-state index contributed by atoms with van der Waals surface area (Å²) in [6.07, 6.45) is 5.96. The molecule has 5 rings (SSSR count). The molecule has 0 aliphatic rings. The number of nitrogens with zero attached hydrogens (tertiary/aromatic N) is 8. The van der Waals surface area contributed by atoms with Crippen LogP contribution in [0.25, 0.3) is 22.5 Å². The van der Waals surface area contributed by atoms with Crippen molar-refractivity contribution in [2.45, 2.75) is 19.4 Å². The first-order chi connectivity index (χ1) is 18.3. The molecule has 0 spiro atoms. The second-order valence-corrected chi connectivity index (χ2v) is 8.50. The molecule has 0 saturated heterocycles. The fourth-order valence-corrected chi connectivity index (χ4v) is 4.02. The van der Waals surface area contributed by atoms with Crippen LogP contribution in [0.4, 0.5) is 19.0 Å². The number of fused-ring (bicyclic) bond motifs is 1. The summed E-state index contributed by atoms with van der Waals surface area (Å²) in [5.74, 6) is 0.931. The van der Waals surface area contributed by atoms with Crippen LogP contribution in [0.3, 0.4) is 0 Å².